The molecule has 2 aromatic carbocycles. The zero-order valence-corrected chi connectivity index (χ0v) is 15.1. The van der Waals surface area contributed by atoms with Crippen molar-refractivity contribution in [3.05, 3.63) is 76.9 Å². The van der Waals surface area contributed by atoms with Gasteiger partial charge in [-0.1, -0.05) is 29.8 Å². The van der Waals surface area contributed by atoms with Crippen LogP contribution in [0.15, 0.2) is 59.6 Å². The first-order valence-corrected chi connectivity index (χ1v) is 9.33. The van der Waals surface area contributed by atoms with Crippen molar-refractivity contribution in [2.75, 3.05) is 4.72 Å². The molecule has 1 aromatic heterocycles. The van der Waals surface area contributed by atoms with Crippen LogP contribution in [0.2, 0.25) is 5.02 Å². The van der Waals surface area contributed by atoms with Crippen molar-refractivity contribution in [2.24, 2.45) is 0 Å². The number of benzene rings is 2. The number of halogens is 3. The van der Waals surface area contributed by atoms with Crippen molar-refractivity contribution in [1.82, 2.24) is 4.98 Å². The monoisotopic (exact) mass is 394 g/mol. The van der Waals surface area contributed by atoms with Gasteiger partial charge in [-0.3, -0.25) is 4.72 Å². The SMILES string of the molecule is Cc1ccc(S(=O)(=O)Nc2ccc(-c3cccc(F)c3F)cn2)cc1Cl. The molecule has 4 nitrogen and oxygen atoms in total. The molecule has 1 heterocycles. The highest BCUT2D eigenvalue weighted by atomic mass is 35.5. The maximum Gasteiger partial charge on any atom is 0.263 e. The first-order valence-electron chi connectivity index (χ1n) is 7.47. The summed E-state index contributed by atoms with van der Waals surface area (Å²) in [5.41, 5.74) is 1.12. The molecule has 0 radical (unpaired) electrons. The second kappa shape index (κ2) is 7.01. The zero-order valence-electron chi connectivity index (χ0n) is 13.5. The summed E-state index contributed by atoms with van der Waals surface area (Å²) in [5.74, 6) is -1.91. The Morgan fingerprint density at radius 1 is 1.08 bits per heavy atom. The molecule has 3 rings (SSSR count). The van der Waals surface area contributed by atoms with Gasteiger partial charge >= 0.3 is 0 Å². The maximum absolute atomic E-state index is 13.8. The molecule has 0 aliphatic heterocycles. The fourth-order valence-electron chi connectivity index (χ4n) is 2.28. The van der Waals surface area contributed by atoms with Crippen LogP contribution in [0.25, 0.3) is 11.1 Å². The van der Waals surface area contributed by atoms with Gasteiger partial charge in [0.15, 0.2) is 11.6 Å². The Kier molecular flexibility index (Phi) is 4.93. The van der Waals surface area contributed by atoms with Crippen LogP contribution in [0.1, 0.15) is 5.56 Å². The van der Waals surface area contributed by atoms with Crippen LogP contribution in [0.4, 0.5) is 14.6 Å². The molecule has 0 saturated carbocycles. The van der Waals surface area contributed by atoms with Gasteiger partial charge in [0.1, 0.15) is 5.82 Å². The molecule has 26 heavy (non-hydrogen) atoms. The quantitative estimate of drug-likeness (QED) is 0.692. The zero-order chi connectivity index (χ0) is 18.9. The lowest BCUT2D eigenvalue weighted by Gasteiger charge is -2.09. The van der Waals surface area contributed by atoms with Crippen LogP contribution < -0.4 is 4.72 Å². The van der Waals surface area contributed by atoms with Crippen LogP contribution in [0, 0.1) is 18.6 Å². The Labute approximate surface area is 154 Å². The first kappa shape index (κ1) is 18.3. The number of anilines is 1. The van der Waals surface area contributed by atoms with E-state index in [1.807, 2.05) is 0 Å². The Morgan fingerprint density at radius 2 is 1.85 bits per heavy atom. The van der Waals surface area contributed by atoms with E-state index in [-0.39, 0.29) is 16.3 Å². The highest BCUT2D eigenvalue weighted by Gasteiger charge is 2.16. The molecule has 134 valence electrons. The largest absolute Gasteiger partial charge is 0.263 e. The molecular weight excluding hydrogens is 382 g/mol. The smallest absolute Gasteiger partial charge is 0.263 e. The Balaban J connectivity index is 1.87. The molecule has 1 N–H and O–H groups in total. The molecule has 8 heteroatoms. The topological polar surface area (TPSA) is 59.1 Å². The molecule has 0 aliphatic carbocycles. The Morgan fingerprint density at radius 3 is 2.50 bits per heavy atom. The molecular formula is C18H13ClF2N2O2S. The highest BCUT2D eigenvalue weighted by Crippen LogP contribution is 2.26. The molecule has 0 bridgehead atoms. The molecule has 0 saturated heterocycles. The molecule has 0 aliphatic rings. The van der Waals surface area contributed by atoms with E-state index in [4.69, 9.17) is 11.6 Å². The fourth-order valence-corrected chi connectivity index (χ4v) is 3.56. The average molecular weight is 395 g/mol. The van der Waals surface area contributed by atoms with Crippen LogP contribution in [0.5, 0.6) is 0 Å². The molecule has 0 unspecified atom stereocenters. The number of aromatic nitrogens is 1. The normalized spacial score (nSPS) is 11.4. The minimum atomic E-state index is -3.88. The maximum atomic E-state index is 13.8. The van der Waals surface area contributed by atoms with E-state index in [1.165, 1.54) is 42.6 Å². The average Bonchev–Trinajstić information content (AvgIpc) is 2.60. The van der Waals surface area contributed by atoms with Gasteiger partial charge in [0, 0.05) is 22.3 Å². The van der Waals surface area contributed by atoms with Crippen molar-refractivity contribution in [3.63, 3.8) is 0 Å². The second-order valence-electron chi connectivity index (χ2n) is 5.55. The van der Waals surface area contributed by atoms with Crippen LogP contribution in [-0.2, 0) is 10.0 Å². The van der Waals surface area contributed by atoms with Gasteiger partial charge in [0.05, 0.1) is 4.90 Å². The summed E-state index contributed by atoms with van der Waals surface area (Å²) in [6, 6.07) is 11.0. The summed E-state index contributed by atoms with van der Waals surface area (Å²) in [7, 11) is -3.88. The molecule has 0 spiro atoms. The van der Waals surface area contributed by atoms with E-state index in [0.29, 0.717) is 10.6 Å². The van der Waals surface area contributed by atoms with Gasteiger partial charge < -0.3 is 0 Å². The summed E-state index contributed by atoms with van der Waals surface area (Å²) < 4.78 is 54.3. The molecule has 0 amide bonds. The lowest BCUT2D eigenvalue weighted by molar-refractivity contribution is 0.511. The predicted molar refractivity (Wildman–Crippen MR) is 96.6 cm³/mol. The van der Waals surface area contributed by atoms with Crippen LogP contribution in [-0.4, -0.2) is 13.4 Å². The van der Waals surface area contributed by atoms with Crippen molar-refractivity contribution in [3.8, 4) is 11.1 Å². The summed E-state index contributed by atoms with van der Waals surface area (Å²) >= 11 is 5.97. The number of hydrogen-bond donors (Lipinski definition) is 1. The number of hydrogen-bond acceptors (Lipinski definition) is 3. The minimum Gasteiger partial charge on any atom is -0.263 e. The van der Waals surface area contributed by atoms with Gasteiger partial charge in [-0.15, -0.1) is 0 Å². The van der Waals surface area contributed by atoms with Gasteiger partial charge in [0.25, 0.3) is 10.0 Å². The van der Waals surface area contributed by atoms with Crippen LogP contribution in [0.3, 0.4) is 0 Å². The Hall–Kier alpha value is -2.51. The Bertz CT molecular complexity index is 1070. The number of pyridine rings is 1. The minimum absolute atomic E-state index is 0.00449. The number of nitrogens with one attached hydrogen (secondary N) is 1. The van der Waals surface area contributed by atoms with Crippen molar-refractivity contribution < 1.29 is 17.2 Å². The van der Waals surface area contributed by atoms with E-state index in [0.717, 1.165) is 11.6 Å². The van der Waals surface area contributed by atoms with Gasteiger partial charge in [-0.2, -0.15) is 0 Å². The lowest BCUT2D eigenvalue weighted by Crippen LogP contribution is -2.14. The fraction of sp³-hybridized carbons (Fsp3) is 0.0556. The van der Waals surface area contributed by atoms with Crippen molar-refractivity contribution in [2.45, 2.75) is 11.8 Å². The third-order valence-electron chi connectivity index (χ3n) is 3.72. The molecule has 0 atom stereocenters. The van der Waals surface area contributed by atoms with E-state index < -0.39 is 21.7 Å². The summed E-state index contributed by atoms with van der Waals surface area (Å²) in [6.07, 6.45) is 1.26. The van der Waals surface area contributed by atoms with Crippen molar-refractivity contribution in [1.29, 1.82) is 0 Å². The standard InChI is InChI=1S/C18H13ClF2N2O2S/c1-11-5-7-13(9-15(11)19)26(24,25)23-17-8-6-12(10-22-17)14-3-2-4-16(20)18(14)21/h2-10H,1H3,(H,22,23). The van der Waals surface area contributed by atoms with E-state index in [9.17, 15) is 17.2 Å². The van der Waals surface area contributed by atoms with E-state index in [1.54, 1.807) is 13.0 Å². The van der Waals surface area contributed by atoms with Gasteiger partial charge in [0.2, 0.25) is 0 Å². The lowest BCUT2D eigenvalue weighted by atomic mass is 10.1. The second-order valence-corrected chi connectivity index (χ2v) is 7.64. The first-order chi connectivity index (χ1) is 12.3. The van der Waals surface area contributed by atoms with Gasteiger partial charge in [-0.25, -0.2) is 22.2 Å². The van der Waals surface area contributed by atoms with Crippen molar-refractivity contribution >= 4 is 27.4 Å². The third-order valence-corrected chi connectivity index (χ3v) is 5.48. The van der Waals surface area contributed by atoms with E-state index >= 15 is 0 Å². The van der Waals surface area contributed by atoms with E-state index in [2.05, 4.69) is 9.71 Å². The summed E-state index contributed by atoms with van der Waals surface area (Å²) in [4.78, 5) is 3.96. The number of nitrogens with zero attached hydrogens (tertiary/aromatic N) is 1. The number of rotatable bonds is 4. The third kappa shape index (κ3) is 3.68. The molecule has 3 aromatic rings. The number of sulfonamides is 1. The van der Waals surface area contributed by atoms with Gasteiger partial charge in [-0.05, 0) is 42.8 Å². The highest BCUT2D eigenvalue weighted by molar-refractivity contribution is 7.92. The van der Waals surface area contributed by atoms with Crippen LogP contribution >= 0.6 is 11.6 Å². The number of aryl methyl sites for hydroxylation is 1. The summed E-state index contributed by atoms with van der Waals surface area (Å²) in [6.45, 7) is 1.76. The summed E-state index contributed by atoms with van der Waals surface area (Å²) in [5, 5.41) is 0.331. The molecule has 0 fully saturated rings. The predicted octanol–water partition coefficient (Wildman–Crippen LogP) is 4.79.